The first-order valence-electron chi connectivity index (χ1n) is 7.67. The van der Waals surface area contributed by atoms with E-state index in [-0.39, 0.29) is 0 Å². The van der Waals surface area contributed by atoms with Crippen LogP contribution in [-0.4, -0.2) is 24.7 Å². The summed E-state index contributed by atoms with van der Waals surface area (Å²) in [5, 5.41) is 0. The van der Waals surface area contributed by atoms with Crippen molar-refractivity contribution in [3.05, 3.63) is 70.8 Å². The van der Waals surface area contributed by atoms with Crippen LogP contribution in [0, 0.1) is 13.8 Å². The molecule has 2 nitrogen and oxygen atoms in total. The quantitative estimate of drug-likeness (QED) is 0.846. The summed E-state index contributed by atoms with van der Waals surface area (Å²) in [5.41, 5.74) is 5.54. The van der Waals surface area contributed by atoms with E-state index in [1.54, 1.807) is 0 Å². The first kappa shape index (κ1) is 14.3. The van der Waals surface area contributed by atoms with Crippen LogP contribution in [0.1, 0.15) is 28.3 Å². The molecule has 21 heavy (non-hydrogen) atoms. The molecule has 1 saturated heterocycles. The van der Waals surface area contributed by atoms with Gasteiger partial charge in [-0.05, 0) is 36.1 Å². The standard InChI is InChI=1S/C19H23NO/c1-15-7-6-8-16(2)19(15)18-14-21-12-11-20(18)13-17-9-4-3-5-10-17/h3-10,18H,11-14H2,1-2H3. The first-order chi connectivity index (χ1) is 10.3. The van der Waals surface area contributed by atoms with Crippen molar-refractivity contribution < 1.29 is 4.74 Å². The summed E-state index contributed by atoms with van der Waals surface area (Å²) >= 11 is 0. The summed E-state index contributed by atoms with van der Waals surface area (Å²) in [6.07, 6.45) is 0. The Labute approximate surface area is 127 Å². The van der Waals surface area contributed by atoms with Gasteiger partial charge in [0.15, 0.2) is 0 Å². The predicted octanol–water partition coefficient (Wildman–Crippen LogP) is 3.88. The SMILES string of the molecule is Cc1cccc(C)c1C1COCCN1Cc1ccccc1. The molecule has 1 atom stereocenters. The predicted molar refractivity (Wildman–Crippen MR) is 86.3 cm³/mol. The lowest BCUT2D eigenvalue weighted by molar-refractivity contribution is -0.0131. The molecule has 1 unspecified atom stereocenters. The molecule has 0 aromatic heterocycles. The van der Waals surface area contributed by atoms with Gasteiger partial charge in [0.2, 0.25) is 0 Å². The first-order valence-corrected chi connectivity index (χ1v) is 7.67. The molecule has 1 heterocycles. The molecule has 2 aromatic rings. The highest BCUT2D eigenvalue weighted by atomic mass is 16.5. The molecule has 1 aliphatic rings. The lowest BCUT2D eigenvalue weighted by Gasteiger charge is -2.37. The summed E-state index contributed by atoms with van der Waals surface area (Å²) in [7, 11) is 0. The van der Waals surface area contributed by atoms with Crippen molar-refractivity contribution in [1.82, 2.24) is 4.90 Å². The van der Waals surface area contributed by atoms with Gasteiger partial charge in [0.05, 0.1) is 19.3 Å². The van der Waals surface area contributed by atoms with Gasteiger partial charge in [-0.1, -0.05) is 48.5 Å². The van der Waals surface area contributed by atoms with Crippen LogP contribution in [-0.2, 0) is 11.3 Å². The van der Waals surface area contributed by atoms with Crippen molar-refractivity contribution in [2.75, 3.05) is 19.8 Å². The van der Waals surface area contributed by atoms with E-state index in [2.05, 4.69) is 67.3 Å². The molecule has 1 fully saturated rings. The second-order valence-corrected chi connectivity index (χ2v) is 5.85. The smallest absolute Gasteiger partial charge is 0.0664 e. The lowest BCUT2D eigenvalue weighted by Crippen LogP contribution is -2.39. The topological polar surface area (TPSA) is 12.5 Å². The van der Waals surface area contributed by atoms with Gasteiger partial charge in [-0.3, -0.25) is 4.90 Å². The Morgan fingerprint density at radius 2 is 1.71 bits per heavy atom. The summed E-state index contributed by atoms with van der Waals surface area (Å²) in [6, 6.07) is 17.6. The van der Waals surface area contributed by atoms with Crippen LogP contribution in [0.2, 0.25) is 0 Å². The van der Waals surface area contributed by atoms with Crippen molar-refractivity contribution in [2.45, 2.75) is 26.4 Å². The van der Waals surface area contributed by atoms with Gasteiger partial charge in [-0.15, -0.1) is 0 Å². The Morgan fingerprint density at radius 1 is 1.00 bits per heavy atom. The van der Waals surface area contributed by atoms with Crippen molar-refractivity contribution in [3.63, 3.8) is 0 Å². The van der Waals surface area contributed by atoms with E-state index in [9.17, 15) is 0 Å². The van der Waals surface area contributed by atoms with Crippen LogP contribution in [0.25, 0.3) is 0 Å². The third-order valence-corrected chi connectivity index (χ3v) is 4.34. The van der Waals surface area contributed by atoms with E-state index in [1.807, 2.05) is 0 Å². The van der Waals surface area contributed by atoms with Gasteiger partial charge < -0.3 is 4.74 Å². The maximum atomic E-state index is 5.77. The van der Waals surface area contributed by atoms with Crippen LogP contribution >= 0.6 is 0 Å². The maximum absolute atomic E-state index is 5.77. The molecule has 0 amide bonds. The summed E-state index contributed by atoms with van der Waals surface area (Å²) in [5.74, 6) is 0. The normalized spacial score (nSPS) is 19.6. The summed E-state index contributed by atoms with van der Waals surface area (Å²) in [6.45, 7) is 8.01. The zero-order chi connectivity index (χ0) is 14.7. The zero-order valence-corrected chi connectivity index (χ0v) is 12.9. The van der Waals surface area contributed by atoms with Gasteiger partial charge in [-0.2, -0.15) is 0 Å². The van der Waals surface area contributed by atoms with E-state index in [1.165, 1.54) is 22.3 Å². The number of rotatable bonds is 3. The molecule has 0 spiro atoms. The Balaban J connectivity index is 1.88. The number of hydrogen-bond donors (Lipinski definition) is 0. The number of nitrogens with zero attached hydrogens (tertiary/aromatic N) is 1. The number of ether oxygens (including phenoxy) is 1. The summed E-state index contributed by atoms with van der Waals surface area (Å²) in [4.78, 5) is 2.55. The Bertz CT molecular complexity index is 574. The molecule has 0 radical (unpaired) electrons. The average Bonchev–Trinajstić information content (AvgIpc) is 2.50. The molecule has 0 saturated carbocycles. The van der Waals surface area contributed by atoms with Crippen LogP contribution in [0.15, 0.2) is 48.5 Å². The van der Waals surface area contributed by atoms with E-state index in [0.717, 1.165) is 26.3 Å². The van der Waals surface area contributed by atoms with Gasteiger partial charge in [-0.25, -0.2) is 0 Å². The molecule has 1 aliphatic heterocycles. The fourth-order valence-electron chi connectivity index (χ4n) is 3.26. The van der Waals surface area contributed by atoms with Crippen molar-refractivity contribution in [3.8, 4) is 0 Å². The minimum Gasteiger partial charge on any atom is -0.378 e. The van der Waals surface area contributed by atoms with Crippen LogP contribution in [0.4, 0.5) is 0 Å². The second kappa shape index (κ2) is 6.42. The Morgan fingerprint density at radius 3 is 2.43 bits per heavy atom. The fraction of sp³-hybridized carbons (Fsp3) is 0.368. The van der Waals surface area contributed by atoms with Gasteiger partial charge in [0.25, 0.3) is 0 Å². The minimum absolute atomic E-state index is 0.361. The number of aryl methyl sites for hydroxylation is 2. The second-order valence-electron chi connectivity index (χ2n) is 5.85. The Kier molecular flexibility index (Phi) is 4.37. The molecule has 2 aromatic carbocycles. The van der Waals surface area contributed by atoms with E-state index >= 15 is 0 Å². The van der Waals surface area contributed by atoms with Crippen LogP contribution in [0.3, 0.4) is 0 Å². The molecule has 2 heteroatoms. The maximum Gasteiger partial charge on any atom is 0.0664 e. The highest BCUT2D eigenvalue weighted by molar-refractivity contribution is 5.36. The molecule has 0 bridgehead atoms. The van der Waals surface area contributed by atoms with Gasteiger partial charge in [0, 0.05) is 13.1 Å². The highest BCUT2D eigenvalue weighted by Crippen LogP contribution is 2.30. The van der Waals surface area contributed by atoms with Crippen molar-refractivity contribution in [2.24, 2.45) is 0 Å². The monoisotopic (exact) mass is 281 g/mol. The Hall–Kier alpha value is -1.64. The fourth-order valence-corrected chi connectivity index (χ4v) is 3.26. The highest BCUT2D eigenvalue weighted by Gasteiger charge is 2.26. The van der Waals surface area contributed by atoms with Gasteiger partial charge in [0.1, 0.15) is 0 Å². The number of benzene rings is 2. The lowest BCUT2D eigenvalue weighted by atomic mass is 9.94. The largest absolute Gasteiger partial charge is 0.378 e. The van der Waals surface area contributed by atoms with E-state index in [0.29, 0.717) is 6.04 Å². The van der Waals surface area contributed by atoms with Crippen LogP contribution in [0.5, 0.6) is 0 Å². The van der Waals surface area contributed by atoms with E-state index in [4.69, 9.17) is 4.74 Å². The van der Waals surface area contributed by atoms with Crippen molar-refractivity contribution >= 4 is 0 Å². The third-order valence-electron chi connectivity index (χ3n) is 4.34. The van der Waals surface area contributed by atoms with Crippen LogP contribution < -0.4 is 0 Å². The summed E-state index contributed by atoms with van der Waals surface area (Å²) < 4.78 is 5.77. The minimum atomic E-state index is 0.361. The molecule has 0 aliphatic carbocycles. The molecule has 110 valence electrons. The zero-order valence-electron chi connectivity index (χ0n) is 12.9. The molecule has 3 rings (SSSR count). The third kappa shape index (κ3) is 3.17. The molecule has 0 N–H and O–H groups in total. The molecular formula is C19H23NO. The van der Waals surface area contributed by atoms with E-state index < -0.39 is 0 Å². The number of hydrogen-bond acceptors (Lipinski definition) is 2. The van der Waals surface area contributed by atoms with Crippen molar-refractivity contribution in [1.29, 1.82) is 0 Å². The average molecular weight is 281 g/mol. The molecular weight excluding hydrogens is 258 g/mol. The van der Waals surface area contributed by atoms with Gasteiger partial charge >= 0.3 is 0 Å². The number of morpholine rings is 1.